The highest BCUT2D eigenvalue weighted by Crippen LogP contribution is 2.39. The third-order valence-corrected chi connectivity index (χ3v) is 5.36. The van der Waals surface area contributed by atoms with Crippen molar-refractivity contribution in [1.29, 1.82) is 0 Å². The molecule has 1 aromatic carbocycles. The third-order valence-electron chi connectivity index (χ3n) is 4.28. The Balaban J connectivity index is 1.75. The molecule has 2 aromatic rings. The lowest BCUT2D eigenvalue weighted by Gasteiger charge is -2.31. The largest absolute Gasteiger partial charge is 0.418 e. The summed E-state index contributed by atoms with van der Waals surface area (Å²) in [6.45, 7) is 5.09. The lowest BCUT2D eigenvalue weighted by molar-refractivity contribution is -0.136. The molecule has 0 bridgehead atoms. The van der Waals surface area contributed by atoms with Crippen LogP contribution in [-0.2, 0) is 11.0 Å². The molecule has 1 N–H and O–H groups in total. The van der Waals surface area contributed by atoms with Crippen molar-refractivity contribution in [1.82, 2.24) is 10.3 Å². The summed E-state index contributed by atoms with van der Waals surface area (Å²) >= 11 is 1.27. The Morgan fingerprint density at radius 3 is 2.60 bits per heavy atom. The summed E-state index contributed by atoms with van der Waals surface area (Å²) in [5.41, 5.74) is -0.687. The number of benzene rings is 1. The van der Waals surface area contributed by atoms with Crippen LogP contribution in [0, 0.1) is 5.92 Å². The van der Waals surface area contributed by atoms with Crippen molar-refractivity contribution in [2.24, 2.45) is 5.92 Å². The van der Waals surface area contributed by atoms with E-state index in [9.17, 15) is 18.0 Å². The maximum atomic E-state index is 13.1. The highest BCUT2D eigenvalue weighted by Gasteiger charge is 2.34. The van der Waals surface area contributed by atoms with Gasteiger partial charge in [-0.25, -0.2) is 4.98 Å². The van der Waals surface area contributed by atoms with E-state index in [1.54, 1.807) is 6.07 Å². The molecule has 0 radical (unpaired) electrons. The van der Waals surface area contributed by atoms with Crippen molar-refractivity contribution in [3.05, 3.63) is 23.8 Å². The van der Waals surface area contributed by atoms with Crippen LogP contribution < -0.4 is 10.2 Å². The summed E-state index contributed by atoms with van der Waals surface area (Å²) in [5, 5.41) is 3.51. The van der Waals surface area contributed by atoms with Crippen molar-refractivity contribution in [2.45, 2.75) is 38.9 Å². The van der Waals surface area contributed by atoms with E-state index in [0.717, 1.165) is 6.07 Å². The fourth-order valence-corrected chi connectivity index (χ4v) is 4.08. The molecule has 1 fully saturated rings. The number of thiazole rings is 1. The Morgan fingerprint density at radius 2 is 2.00 bits per heavy atom. The average Bonchev–Trinajstić information content (AvgIpc) is 2.97. The average molecular weight is 371 g/mol. The van der Waals surface area contributed by atoms with Gasteiger partial charge in [0.2, 0.25) is 5.91 Å². The summed E-state index contributed by atoms with van der Waals surface area (Å²) in [5.74, 6) is 0.0112. The van der Waals surface area contributed by atoms with Crippen LogP contribution in [0.3, 0.4) is 0 Å². The van der Waals surface area contributed by atoms with Crippen molar-refractivity contribution in [3.63, 3.8) is 0 Å². The van der Waals surface area contributed by atoms with Gasteiger partial charge >= 0.3 is 6.18 Å². The number of alkyl halides is 3. The Morgan fingerprint density at radius 1 is 1.32 bits per heavy atom. The van der Waals surface area contributed by atoms with Crippen LogP contribution in [0.5, 0.6) is 0 Å². The monoisotopic (exact) mass is 371 g/mol. The van der Waals surface area contributed by atoms with E-state index in [2.05, 4.69) is 10.3 Å². The zero-order valence-electron chi connectivity index (χ0n) is 14.1. The second kappa shape index (κ2) is 6.82. The van der Waals surface area contributed by atoms with Gasteiger partial charge < -0.3 is 10.2 Å². The van der Waals surface area contributed by atoms with Crippen LogP contribution in [0.2, 0.25) is 0 Å². The molecule has 0 atom stereocenters. The minimum atomic E-state index is -4.41. The molecule has 3 rings (SSSR count). The van der Waals surface area contributed by atoms with Crippen LogP contribution in [0.4, 0.5) is 18.3 Å². The number of nitrogens with one attached hydrogen (secondary N) is 1. The molecule has 1 aromatic heterocycles. The topological polar surface area (TPSA) is 45.2 Å². The second-order valence-electron chi connectivity index (χ2n) is 6.57. The van der Waals surface area contributed by atoms with Gasteiger partial charge in [-0.1, -0.05) is 17.4 Å². The van der Waals surface area contributed by atoms with Crippen LogP contribution in [0.15, 0.2) is 18.2 Å². The molecule has 1 amide bonds. The van der Waals surface area contributed by atoms with Gasteiger partial charge in [-0.15, -0.1) is 0 Å². The zero-order valence-corrected chi connectivity index (χ0v) is 14.9. The second-order valence-corrected chi connectivity index (χ2v) is 7.58. The first-order chi connectivity index (χ1) is 11.8. The Bertz CT molecular complexity index is 764. The van der Waals surface area contributed by atoms with E-state index in [4.69, 9.17) is 0 Å². The highest BCUT2D eigenvalue weighted by molar-refractivity contribution is 7.22. The van der Waals surface area contributed by atoms with Gasteiger partial charge in [0.25, 0.3) is 0 Å². The van der Waals surface area contributed by atoms with Gasteiger partial charge in [0, 0.05) is 25.0 Å². The predicted octanol–water partition coefficient (Wildman–Crippen LogP) is 4.06. The van der Waals surface area contributed by atoms with E-state index >= 15 is 0 Å². The van der Waals surface area contributed by atoms with Gasteiger partial charge in [0.05, 0.1) is 15.8 Å². The van der Waals surface area contributed by atoms with Gasteiger partial charge in [-0.2, -0.15) is 13.2 Å². The minimum Gasteiger partial charge on any atom is -0.354 e. The van der Waals surface area contributed by atoms with E-state index < -0.39 is 11.7 Å². The maximum absolute atomic E-state index is 13.1. The number of carbonyl (C=O) groups is 1. The summed E-state index contributed by atoms with van der Waals surface area (Å²) in [6, 6.07) is 4.24. The molecule has 8 heteroatoms. The lowest BCUT2D eigenvalue weighted by atomic mass is 9.96. The lowest BCUT2D eigenvalue weighted by Crippen LogP contribution is -2.42. The van der Waals surface area contributed by atoms with E-state index in [1.807, 2.05) is 18.7 Å². The SMILES string of the molecule is CC(C)NC(=O)C1CCN(c2nc3c(C(F)(F)F)cccc3s2)CC1. The van der Waals surface area contributed by atoms with Gasteiger partial charge in [-0.05, 0) is 38.8 Å². The molecule has 1 saturated heterocycles. The van der Waals surface area contributed by atoms with Crippen LogP contribution in [0.1, 0.15) is 32.3 Å². The summed E-state index contributed by atoms with van der Waals surface area (Å²) in [7, 11) is 0. The first-order valence-electron chi connectivity index (χ1n) is 8.28. The van der Waals surface area contributed by atoms with E-state index in [1.165, 1.54) is 17.4 Å². The van der Waals surface area contributed by atoms with Gasteiger partial charge in [-0.3, -0.25) is 4.79 Å². The fourth-order valence-electron chi connectivity index (χ4n) is 3.04. The number of para-hydroxylation sites is 1. The molecule has 0 unspecified atom stereocenters. The Labute approximate surface area is 148 Å². The summed E-state index contributed by atoms with van der Waals surface area (Å²) in [4.78, 5) is 18.3. The molecule has 136 valence electrons. The highest BCUT2D eigenvalue weighted by atomic mass is 32.1. The van der Waals surface area contributed by atoms with Crippen molar-refractivity contribution < 1.29 is 18.0 Å². The standard InChI is InChI=1S/C17H20F3N3OS/c1-10(2)21-15(24)11-6-8-23(9-7-11)16-22-14-12(17(18,19)20)4-3-5-13(14)25-16/h3-5,10-11H,6-9H2,1-2H3,(H,21,24). The number of hydrogen-bond donors (Lipinski definition) is 1. The Kier molecular flexibility index (Phi) is 4.90. The number of amides is 1. The number of piperidine rings is 1. The number of anilines is 1. The zero-order chi connectivity index (χ0) is 18.2. The smallest absolute Gasteiger partial charge is 0.354 e. The molecule has 0 spiro atoms. The van der Waals surface area contributed by atoms with Crippen molar-refractivity contribution in [2.75, 3.05) is 18.0 Å². The van der Waals surface area contributed by atoms with Crippen LogP contribution in [-0.4, -0.2) is 30.0 Å². The number of carbonyl (C=O) groups excluding carboxylic acids is 1. The third kappa shape index (κ3) is 3.89. The number of aromatic nitrogens is 1. The molecule has 0 saturated carbocycles. The number of fused-ring (bicyclic) bond motifs is 1. The van der Waals surface area contributed by atoms with Crippen LogP contribution >= 0.6 is 11.3 Å². The molecular formula is C17H20F3N3OS. The number of halogens is 3. The summed E-state index contributed by atoms with van der Waals surface area (Å²) < 4.78 is 39.9. The molecular weight excluding hydrogens is 351 g/mol. The quantitative estimate of drug-likeness (QED) is 0.885. The summed E-state index contributed by atoms with van der Waals surface area (Å²) in [6.07, 6.45) is -3.05. The molecule has 25 heavy (non-hydrogen) atoms. The number of rotatable bonds is 3. The number of nitrogens with zero attached hydrogens (tertiary/aromatic N) is 2. The number of hydrogen-bond acceptors (Lipinski definition) is 4. The predicted molar refractivity (Wildman–Crippen MR) is 92.8 cm³/mol. The molecule has 0 aliphatic carbocycles. The van der Waals surface area contributed by atoms with E-state index in [-0.39, 0.29) is 23.4 Å². The fraction of sp³-hybridized carbons (Fsp3) is 0.529. The van der Waals surface area contributed by atoms with Crippen molar-refractivity contribution >= 4 is 32.6 Å². The normalized spacial score (nSPS) is 16.6. The maximum Gasteiger partial charge on any atom is 0.418 e. The van der Waals surface area contributed by atoms with Gasteiger partial charge in [0.1, 0.15) is 0 Å². The molecule has 1 aliphatic rings. The molecule has 1 aliphatic heterocycles. The minimum absolute atomic E-state index is 0.00896. The van der Waals surface area contributed by atoms with Crippen molar-refractivity contribution in [3.8, 4) is 0 Å². The Hall–Kier alpha value is -1.83. The van der Waals surface area contributed by atoms with E-state index in [0.29, 0.717) is 35.8 Å². The van der Waals surface area contributed by atoms with Gasteiger partial charge in [0.15, 0.2) is 5.13 Å². The first-order valence-corrected chi connectivity index (χ1v) is 9.09. The molecule has 4 nitrogen and oxygen atoms in total. The van der Waals surface area contributed by atoms with Crippen LogP contribution in [0.25, 0.3) is 10.2 Å². The first kappa shape index (κ1) is 18.0. The molecule has 2 heterocycles.